The third-order valence-corrected chi connectivity index (χ3v) is 3.71. The Labute approximate surface area is 148 Å². The standard InChI is InChI=1S/C17H21BNO5S/c1-17(2,3)23-16(20)19-15-9-8-14(18-4)12-7-6-11(10-13(12)15)24-25(5,21)22/h6-10H,1-5H3,(H,19,20). The van der Waals surface area contributed by atoms with Crippen molar-refractivity contribution in [2.75, 3.05) is 11.6 Å². The highest BCUT2D eigenvalue weighted by Gasteiger charge is 2.18. The number of carbonyl (C=O) groups excluding carboxylic acids is 1. The molecule has 0 aliphatic heterocycles. The van der Waals surface area contributed by atoms with Crippen molar-refractivity contribution >= 4 is 45.4 Å². The Hall–Kier alpha value is -2.22. The molecule has 6 nitrogen and oxygen atoms in total. The fourth-order valence-corrected chi connectivity index (χ4v) is 2.80. The Bertz CT molecular complexity index is 903. The molecule has 0 aromatic heterocycles. The van der Waals surface area contributed by atoms with E-state index < -0.39 is 21.8 Å². The summed E-state index contributed by atoms with van der Waals surface area (Å²) in [6.45, 7) is 7.23. The molecule has 1 N–H and O–H groups in total. The average molecular weight is 362 g/mol. The molecule has 2 aromatic carbocycles. The molecule has 0 saturated heterocycles. The Morgan fingerprint density at radius 3 is 2.36 bits per heavy atom. The molecule has 0 aliphatic rings. The first-order valence-electron chi connectivity index (χ1n) is 7.74. The second kappa shape index (κ2) is 6.96. The number of carbonyl (C=O) groups is 1. The second-order valence-electron chi connectivity index (χ2n) is 6.61. The van der Waals surface area contributed by atoms with Gasteiger partial charge in [0.25, 0.3) is 0 Å². The van der Waals surface area contributed by atoms with Gasteiger partial charge in [0.15, 0.2) is 0 Å². The van der Waals surface area contributed by atoms with E-state index in [-0.39, 0.29) is 5.75 Å². The van der Waals surface area contributed by atoms with Crippen LogP contribution in [0.15, 0.2) is 30.3 Å². The average Bonchev–Trinajstić information content (AvgIpc) is 2.44. The fourth-order valence-electron chi connectivity index (χ4n) is 2.35. The topological polar surface area (TPSA) is 81.7 Å². The van der Waals surface area contributed by atoms with Gasteiger partial charge in [-0.15, -0.1) is 0 Å². The summed E-state index contributed by atoms with van der Waals surface area (Å²) in [6, 6.07) is 8.52. The predicted molar refractivity (Wildman–Crippen MR) is 101 cm³/mol. The molecule has 2 rings (SSSR count). The first-order valence-corrected chi connectivity index (χ1v) is 9.56. The molecule has 0 fully saturated rings. The van der Waals surface area contributed by atoms with Crippen molar-refractivity contribution in [3.8, 4) is 5.75 Å². The van der Waals surface area contributed by atoms with Crippen LogP contribution in [0.4, 0.5) is 10.5 Å². The van der Waals surface area contributed by atoms with Crippen LogP contribution >= 0.6 is 0 Å². The van der Waals surface area contributed by atoms with E-state index in [1.165, 1.54) is 0 Å². The first kappa shape index (κ1) is 19.1. The highest BCUT2D eigenvalue weighted by molar-refractivity contribution is 7.86. The van der Waals surface area contributed by atoms with Gasteiger partial charge in [-0.1, -0.05) is 24.4 Å². The molecule has 0 heterocycles. The fraction of sp³-hybridized carbons (Fsp3) is 0.353. The summed E-state index contributed by atoms with van der Waals surface area (Å²) in [5, 5.41) is 4.22. The van der Waals surface area contributed by atoms with Gasteiger partial charge in [-0.2, -0.15) is 8.42 Å². The number of fused-ring (bicyclic) bond motifs is 1. The monoisotopic (exact) mass is 362 g/mol. The number of rotatable bonds is 4. The van der Waals surface area contributed by atoms with Crippen molar-refractivity contribution < 1.29 is 22.1 Å². The molecule has 0 unspecified atom stereocenters. The summed E-state index contributed by atoms with van der Waals surface area (Å²) in [4.78, 5) is 12.1. The summed E-state index contributed by atoms with van der Waals surface area (Å²) in [5.41, 5.74) is 0.839. The Morgan fingerprint density at radius 1 is 1.12 bits per heavy atom. The molecule has 1 amide bonds. The van der Waals surface area contributed by atoms with Gasteiger partial charge in [0.2, 0.25) is 0 Å². The van der Waals surface area contributed by atoms with Gasteiger partial charge in [-0.05, 0) is 44.4 Å². The molecule has 2 aromatic rings. The van der Waals surface area contributed by atoms with E-state index in [0.29, 0.717) is 11.1 Å². The minimum atomic E-state index is -3.64. The summed E-state index contributed by atoms with van der Waals surface area (Å²) >= 11 is 0. The summed E-state index contributed by atoms with van der Waals surface area (Å²) in [6.07, 6.45) is 0.393. The van der Waals surface area contributed by atoms with E-state index in [9.17, 15) is 13.2 Å². The molecule has 25 heavy (non-hydrogen) atoms. The highest BCUT2D eigenvalue weighted by Crippen LogP contribution is 2.27. The van der Waals surface area contributed by atoms with E-state index in [2.05, 4.69) is 5.32 Å². The minimum absolute atomic E-state index is 0.176. The van der Waals surface area contributed by atoms with E-state index in [4.69, 9.17) is 8.92 Å². The number of benzene rings is 2. The molecule has 0 saturated carbocycles. The van der Waals surface area contributed by atoms with Crippen LogP contribution in [0.1, 0.15) is 20.8 Å². The molecule has 8 heteroatoms. The van der Waals surface area contributed by atoms with Gasteiger partial charge >= 0.3 is 16.2 Å². The lowest BCUT2D eigenvalue weighted by atomic mass is 9.71. The zero-order valence-corrected chi connectivity index (χ0v) is 15.7. The summed E-state index contributed by atoms with van der Waals surface area (Å²) in [5.74, 6) is 0.176. The van der Waals surface area contributed by atoms with Crippen LogP contribution < -0.4 is 15.0 Å². The van der Waals surface area contributed by atoms with Gasteiger partial charge in [0.1, 0.15) is 18.6 Å². The zero-order valence-electron chi connectivity index (χ0n) is 14.9. The Balaban J connectivity index is 2.48. The Kier molecular flexibility index (Phi) is 5.32. The van der Waals surface area contributed by atoms with Crippen molar-refractivity contribution in [2.24, 2.45) is 0 Å². The summed E-state index contributed by atoms with van der Waals surface area (Å²) < 4.78 is 32.9. The van der Waals surface area contributed by atoms with E-state index >= 15 is 0 Å². The molecule has 0 spiro atoms. The third kappa shape index (κ3) is 5.39. The number of nitrogens with one attached hydrogen (secondary N) is 1. The van der Waals surface area contributed by atoms with Gasteiger partial charge in [0, 0.05) is 5.39 Å². The quantitative estimate of drug-likeness (QED) is 0.668. The van der Waals surface area contributed by atoms with Crippen LogP contribution in [0.2, 0.25) is 6.82 Å². The SMILES string of the molecule is C[B]c1ccc(NC(=O)OC(C)(C)C)c2cc(OS(C)(=O)=O)ccc12. The first-order chi connectivity index (χ1) is 11.5. The minimum Gasteiger partial charge on any atom is -0.444 e. The Morgan fingerprint density at radius 2 is 1.80 bits per heavy atom. The van der Waals surface area contributed by atoms with Crippen LogP contribution in [0, 0.1) is 0 Å². The molecule has 1 radical (unpaired) electrons. The molecule has 0 aliphatic carbocycles. The van der Waals surface area contributed by atoms with Crippen molar-refractivity contribution in [3.63, 3.8) is 0 Å². The molecule has 0 bridgehead atoms. The van der Waals surface area contributed by atoms with Crippen molar-refractivity contribution in [3.05, 3.63) is 30.3 Å². The van der Waals surface area contributed by atoms with Gasteiger partial charge in [-0.3, -0.25) is 5.32 Å². The third-order valence-electron chi connectivity index (χ3n) is 3.22. The van der Waals surface area contributed by atoms with Crippen LogP contribution in [0.3, 0.4) is 0 Å². The molecular weight excluding hydrogens is 341 g/mol. The van der Waals surface area contributed by atoms with E-state index in [1.54, 1.807) is 45.0 Å². The van der Waals surface area contributed by atoms with Crippen LogP contribution in [0.5, 0.6) is 5.75 Å². The lowest BCUT2D eigenvalue weighted by Gasteiger charge is -2.20. The van der Waals surface area contributed by atoms with E-state index in [0.717, 1.165) is 17.1 Å². The van der Waals surface area contributed by atoms with Gasteiger partial charge in [-0.25, -0.2) is 4.79 Å². The van der Waals surface area contributed by atoms with Crippen molar-refractivity contribution in [1.29, 1.82) is 0 Å². The predicted octanol–water partition coefficient (Wildman–Crippen LogP) is 2.90. The summed E-state index contributed by atoms with van der Waals surface area (Å²) in [7, 11) is -1.71. The maximum atomic E-state index is 12.1. The number of hydrogen-bond acceptors (Lipinski definition) is 5. The van der Waals surface area contributed by atoms with Gasteiger partial charge < -0.3 is 8.92 Å². The maximum Gasteiger partial charge on any atom is 0.412 e. The second-order valence-corrected chi connectivity index (χ2v) is 8.19. The van der Waals surface area contributed by atoms with Crippen molar-refractivity contribution in [2.45, 2.75) is 33.2 Å². The smallest absolute Gasteiger partial charge is 0.412 e. The van der Waals surface area contributed by atoms with E-state index in [1.807, 2.05) is 20.2 Å². The molecular formula is C17H21BNO5S. The van der Waals surface area contributed by atoms with Crippen LogP contribution in [-0.2, 0) is 14.9 Å². The number of anilines is 1. The normalized spacial score (nSPS) is 11.9. The molecule has 133 valence electrons. The maximum absolute atomic E-state index is 12.1. The number of hydrogen-bond donors (Lipinski definition) is 1. The molecule has 0 atom stereocenters. The number of ether oxygens (including phenoxy) is 1. The largest absolute Gasteiger partial charge is 0.444 e. The highest BCUT2D eigenvalue weighted by atomic mass is 32.2. The van der Waals surface area contributed by atoms with Crippen molar-refractivity contribution in [1.82, 2.24) is 0 Å². The van der Waals surface area contributed by atoms with Crippen LogP contribution in [0.25, 0.3) is 10.8 Å². The van der Waals surface area contributed by atoms with Crippen LogP contribution in [-0.4, -0.2) is 33.6 Å². The van der Waals surface area contributed by atoms with Gasteiger partial charge in [0.05, 0.1) is 11.9 Å². The lowest BCUT2D eigenvalue weighted by Crippen LogP contribution is -2.27. The number of amides is 1. The lowest BCUT2D eigenvalue weighted by molar-refractivity contribution is 0.0636. The zero-order chi connectivity index (χ0) is 18.8.